The Morgan fingerprint density at radius 3 is 2.46 bits per heavy atom. The van der Waals surface area contributed by atoms with Crippen LogP contribution in [0, 0.1) is 6.92 Å². The number of anilines is 2. The van der Waals surface area contributed by atoms with Crippen LogP contribution < -0.4 is 9.62 Å². The molecule has 1 amide bonds. The summed E-state index contributed by atoms with van der Waals surface area (Å²) in [5.74, 6) is 0.0921. The van der Waals surface area contributed by atoms with Crippen LogP contribution in [0.5, 0.6) is 0 Å². The molecule has 1 fully saturated rings. The Balaban J connectivity index is 1.87. The minimum atomic E-state index is -3.67. The standard InChI is InChI=1S/C20H24N2O3S/c1-3-16-8-11-18(12-9-16)26(24,25)21-17-10-7-15(2)19(14-17)22-13-5-4-6-20(22)23/h7-12,14,21H,3-6,13H2,1-2H3. The molecule has 1 saturated heterocycles. The fourth-order valence-corrected chi connectivity index (χ4v) is 4.19. The summed E-state index contributed by atoms with van der Waals surface area (Å²) in [4.78, 5) is 14.2. The number of benzene rings is 2. The Morgan fingerprint density at radius 2 is 1.81 bits per heavy atom. The van der Waals surface area contributed by atoms with Crippen molar-refractivity contribution in [2.45, 2.75) is 44.4 Å². The second-order valence-corrected chi connectivity index (χ2v) is 8.29. The van der Waals surface area contributed by atoms with Crippen LogP contribution in [-0.4, -0.2) is 20.9 Å². The summed E-state index contributed by atoms with van der Waals surface area (Å²) >= 11 is 0. The molecule has 2 aromatic carbocycles. The van der Waals surface area contributed by atoms with E-state index in [0.717, 1.165) is 36.1 Å². The predicted octanol–water partition coefficient (Wildman–Crippen LogP) is 3.88. The van der Waals surface area contributed by atoms with Crippen LogP contribution >= 0.6 is 0 Å². The minimum Gasteiger partial charge on any atom is -0.312 e. The van der Waals surface area contributed by atoms with Gasteiger partial charge in [-0.1, -0.05) is 25.1 Å². The van der Waals surface area contributed by atoms with Gasteiger partial charge in [0, 0.05) is 18.7 Å². The molecule has 26 heavy (non-hydrogen) atoms. The van der Waals surface area contributed by atoms with Crippen molar-refractivity contribution >= 4 is 27.3 Å². The monoisotopic (exact) mass is 372 g/mol. The highest BCUT2D eigenvalue weighted by atomic mass is 32.2. The van der Waals surface area contributed by atoms with Gasteiger partial charge in [0.1, 0.15) is 0 Å². The Morgan fingerprint density at radius 1 is 1.08 bits per heavy atom. The molecule has 3 rings (SSSR count). The van der Waals surface area contributed by atoms with E-state index in [1.54, 1.807) is 29.2 Å². The largest absolute Gasteiger partial charge is 0.312 e. The third-order valence-corrected chi connectivity index (χ3v) is 6.11. The maximum atomic E-state index is 12.6. The fourth-order valence-electron chi connectivity index (χ4n) is 3.14. The number of hydrogen-bond donors (Lipinski definition) is 1. The number of amides is 1. The number of rotatable bonds is 5. The van der Waals surface area contributed by atoms with Crippen molar-refractivity contribution in [3.05, 3.63) is 53.6 Å². The third kappa shape index (κ3) is 3.90. The predicted molar refractivity (Wildman–Crippen MR) is 104 cm³/mol. The molecule has 0 aliphatic carbocycles. The lowest BCUT2D eigenvalue weighted by atomic mass is 10.1. The van der Waals surface area contributed by atoms with Crippen molar-refractivity contribution in [1.82, 2.24) is 0 Å². The van der Waals surface area contributed by atoms with Gasteiger partial charge in [-0.05, 0) is 61.6 Å². The summed E-state index contributed by atoms with van der Waals surface area (Å²) in [5.41, 5.74) is 3.28. The van der Waals surface area contributed by atoms with Gasteiger partial charge in [0.25, 0.3) is 10.0 Å². The average Bonchev–Trinajstić information content (AvgIpc) is 2.64. The first-order chi connectivity index (χ1) is 12.4. The van der Waals surface area contributed by atoms with Gasteiger partial charge >= 0.3 is 0 Å². The highest BCUT2D eigenvalue weighted by molar-refractivity contribution is 7.92. The quantitative estimate of drug-likeness (QED) is 0.866. The summed E-state index contributed by atoms with van der Waals surface area (Å²) in [6.07, 6.45) is 3.28. The van der Waals surface area contributed by atoms with Crippen molar-refractivity contribution in [3.8, 4) is 0 Å². The maximum absolute atomic E-state index is 12.6. The Bertz CT molecular complexity index is 905. The Labute approximate surface area is 155 Å². The molecular formula is C20H24N2O3S. The summed E-state index contributed by atoms with van der Waals surface area (Å²) < 4.78 is 27.9. The van der Waals surface area contributed by atoms with Gasteiger partial charge in [0.05, 0.1) is 10.6 Å². The normalized spacial score (nSPS) is 15.2. The van der Waals surface area contributed by atoms with Gasteiger partial charge in [0.2, 0.25) is 5.91 Å². The van der Waals surface area contributed by atoms with E-state index in [4.69, 9.17) is 0 Å². The smallest absolute Gasteiger partial charge is 0.261 e. The van der Waals surface area contributed by atoms with E-state index in [0.29, 0.717) is 18.7 Å². The molecule has 0 bridgehead atoms. The molecule has 0 atom stereocenters. The molecule has 138 valence electrons. The molecule has 1 aliphatic rings. The summed E-state index contributed by atoms with van der Waals surface area (Å²) in [6, 6.07) is 12.2. The van der Waals surface area contributed by atoms with Crippen molar-refractivity contribution < 1.29 is 13.2 Å². The van der Waals surface area contributed by atoms with E-state index in [9.17, 15) is 13.2 Å². The zero-order valence-electron chi connectivity index (χ0n) is 15.2. The van der Waals surface area contributed by atoms with Crippen LogP contribution in [0.1, 0.15) is 37.3 Å². The second-order valence-electron chi connectivity index (χ2n) is 6.61. The molecule has 6 heteroatoms. The number of carbonyl (C=O) groups excluding carboxylic acids is 1. The molecule has 0 radical (unpaired) electrons. The van der Waals surface area contributed by atoms with Crippen LogP contribution in [0.2, 0.25) is 0 Å². The fraction of sp³-hybridized carbons (Fsp3) is 0.350. The summed E-state index contributed by atoms with van der Waals surface area (Å²) in [6.45, 7) is 4.63. The van der Waals surface area contributed by atoms with Gasteiger partial charge in [-0.25, -0.2) is 8.42 Å². The van der Waals surface area contributed by atoms with Crippen LogP contribution in [0.15, 0.2) is 47.4 Å². The number of carbonyl (C=O) groups is 1. The number of sulfonamides is 1. The van der Waals surface area contributed by atoms with Crippen molar-refractivity contribution in [2.24, 2.45) is 0 Å². The summed E-state index contributed by atoms with van der Waals surface area (Å²) in [7, 11) is -3.67. The minimum absolute atomic E-state index is 0.0921. The first kappa shape index (κ1) is 18.5. The average molecular weight is 372 g/mol. The van der Waals surface area contributed by atoms with E-state index in [2.05, 4.69) is 4.72 Å². The maximum Gasteiger partial charge on any atom is 0.261 e. The zero-order chi connectivity index (χ0) is 18.7. The highest BCUT2D eigenvalue weighted by Crippen LogP contribution is 2.29. The lowest BCUT2D eigenvalue weighted by Gasteiger charge is -2.28. The van der Waals surface area contributed by atoms with Crippen molar-refractivity contribution in [3.63, 3.8) is 0 Å². The lowest BCUT2D eigenvalue weighted by molar-refractivity contribution is -0.119. The van der Waals surface area contributed by atoms with E-state index in [1.165, 1.54) is 0 Å². The first-order valence-corrected chi connectivity index (χ1v) is 10.4. The molecule has 5 nitrogen and oxygen atoms in total. The van der Waals surface area contributed by atoms with Crippen molar-refractivity contribution in [2.75, 3.05) is 16.2 Å². The van der Waals surface area contributed by atoms with Gasteiger partial charge in [0.15, 0.2) is 0 Å². The number of aryl methyl sites for hydroxylation is 2. The Hall–Kier alpha value is -2.34. The SMILES string of the molecule is CCc1ccc(S(=O)(=O)Nc2ccc(C)c(N3CCCCC3=O)c2)cc1. The zero-order valence-corrected chi connectivity index (χ0v) is 16.0. The third-order valence-electron chi connectivity index (χ3n) is 4.72. The molecule has 1 aliphatic heterocycles. The van der Waals surface area contributed by atoms with E-state index >= 15 is 0 Å². The van der Waals surface area contributed by atoms with Crippen LogP contribution in [0.25, 0.3) is 0 Å². The lowest BCUT2D eigenvalue weighted by Crippen LogP contribution is -2.35. The van der Waals surface area contributed by atoms with Crippen LogP contribution in [0.4, 0.5) is 11.4 Å². The number of hydrogen-bond acceptors (Lipinski definition) is 3. The first-order valence-electron chi connectivity index (χ1n) is 8.93. The molecule has 0 aromatic heterocycles. The molecule has 0 spiro atoms. The Kier molecular flexibility index (Phi) is 5.32. The topological polar surface area (TPSA) is 66.5 Å². The number of piperidine rings is 1. The van der Waals surface area contributed by atoms with E-state index in [-0.39, 0.29) is 10.8 Å². The molecule has 1 N–H and O–H groups in total. The van der Waals surface area contributed by atoms with Gasteiger partial charge in [-0.15, -0.1) is 0 Å². The molecule has 0 unspecified atom stereocenters. The van der Waals surface area contributed by atoms with Crippen LogP contribution in [0.3, 0.4) is 0 Å². The van der Waals surface area contributed by atoms with Gasteiger partial charge < -0.3 is 4.90 Å². The van der Waals surface area contributed by atoms with E-state index in [1.807, 2.05) is 32.0 Å². The molecular weight excluding hydrogens is 348 g/mol. The summed E-state index contributed by atoms with van der Waals surface area (Å²) in [5, 5.41) is 0. The number of nitrogens with zero attached hydrogens (tertiary/aromatic N) is 1. The second kappa shape index (κ2) is 7.50. The molecule has 2 aromatic rings. The molecule has 0 saturated carbocycles. The molecule has 1 heterocycles. The van der Waals surface area contributed by atoms with Crippen molar-refractivity contribution in [1.29, 1.82) is 0 Å². The number of nitrogens with one attached hydrogen (secondary N) is 1. The van der Waals surface area contributed by atoms with Gasteiger partial charge in [-0.2, -0.15) is 0 Å². The van der Waals surface area contributed by atoms with Crippen LogP contribution in [-0.2, 0) is 21.2 Å². The van der Waals surface area contributed by atoms with E-state index < -0.39 is 10.0 Å². The van der Waals surface area contributed by atoms with Gasteiger partial charge in [-0.3, -0.25) is 9.52 Å². The highest BCUT2D eigenvalue weighted by Gasteiger charge is 2.22.